The summed E-state index contributed by atoms with van der Waals surface area (Å²) in [5.41, 5.74) is 3.91. The Morgan fingerprint density at radius 1 is 0.690 bits per heavy atom. The Hall–Kier alpha value is -3.63. The van der Waals surface area contributed by atoms with E-state index >= 15 is 0 Å². The molecular formula is C25H14N2OS. The first-order valence-electron chi connectivity index (χ1n) is 9.58. The zero-order valence-corrected chi connectivity index (χ0v) is 16.1. The fraction of sp³-hybridized carbons (Fsp3) is 0. The highest BCUT2D eigenvalue weighted by atomic mass is 32.1. The first kappa shape index (κ1) is 15.3. The van der Waals surface area contributed by atoms with Gasteiger partial charge in [-0.05, 0) is 30.3 Å². The molecule has 4 aromatic carbocycles. The van der Waals surface area contributed by atoms with E-state index in [9.17, 15) is 0 Å². The second kappa shape index (κ2) is 5.46. The molecule has 0 bridgehead atoms. The zero-order chi connectivity index (χ0) is 18.9. The monoisotopic (exact) mass is 390 g/mol. The van der Waals surface area contributed by atoms with E-state index in [0.717, 1.165) is 22.1 Å². The van der Waals surface area contributed by atoms with Gasteiger partial charge in [0.05, 0.1) is 11.0 Å². The maximum Gasteiger partial charge on any atom is 0.307 e. The van der Waals surface area contributed by atoms with Gasteiger partial charge in [0.25, 0.3) is 0 Å². The Labute approximate surface area is 169 Å². The van der Waals surface area contributed by atoms with Gasteiger partial charge in [0.15, 0.2) is 5.58 Å². The predicted octanol–water partition coefficient (Wildman–Crippen LogP) is 7.29. The van der Waals surface area contributed by atoms with E-state index in [2.05, 4.69) is 65.2 Å². The minimum Gasteiger partial charge on any atom is -0.423 e. The number of thiophene rings is 1. The molecule has 0 unspecified atom stereocenters. The molecule has 0 aliphatic rings. The average Bonchev–Trinajstić information content (AvgIpc) is 3.44. The summed E-state index contributed by atoms with van der Waals surface area (Å²) in [7, 11) is 0. The molecule has 0 saturated carbocycles. The third kappa shape index (κ3) is 1.99. The second-order valence-electron chi connectivity index (χ2n) is 7.25. The number of hydrogen-bond donors (Lipinski definition) is 0. The Kier molecular flexibility index (Phi) is 2.88. The number of aromatic nitrogens is 2. The van der Waals surface area contributed by atoms with E-state index in [0.29, 0.717) is 6.01 Å². The summed E-state index contributed by atoms with van der Waals surface area (Å²) in [5.74, 6) is 0. The van der Waals surface area contributed by atoms with E-state index in [1.807, 2.05) is 35.6 Å². The van der Waals surface area contributed by atoms with Gasteiger partial charge in [-0.2, -0.15) is 4.98 Å². The summed E-state index contributed by atoms with van der Waals surface area (Å²) >= 11 is 1.86. The molecule has 0 aliphatic carbocycles. The zero-order valence-electron chi connectivity index (χ0n) is 15.3. The predicted molar refractivity (Wildman–Crippen MR) is 121 cm³/mol. The average molecular weight is 390 g/mol. The van der Waals surface area contributed by atoms with Gasteiger partial charge >= 0.3 is 6.01 Å². The number of fused-ring (bicyclic) bond motifs is 8. The number of oxazole rings is 1. The lowest BCUT2D eigenvalue weighted by atomic mass is 10.1. The molecule has 136 valence electrons. The minimum absolute atomic E-state index is 0.609. The molecule has 0 fully saturated rings. The molecule has 0 atom stereocenters. The van der Waals surface area contributed by atoms with Crippen LogP contribution in [0.3, 0.4) is 0 Å². The van der Waals surface area contributed by atoms with Crippen LogP contribution < -0.4 is 0 Å². The van der Waals surface area contributed by atoms with Crippen molar-refractivity contribution in [2.75, 3.05) is 0 Å². The normalized spacial score (nSPS) is 12.1. The van der Waals surface area contributed by atoms with Gasteiger partial charge < -0.3 is 4.42 Å². The molecule has 0 radical (unpaired) electrons. The van der Waals surface area contributed by atoms with Crippen molar-refractivity contribution >= 4 is 64.4 Å². The molecule has 0 spiro atoms. The van der Waals surface area contributed by atoms with Gasteiger partial charge in [-0.1, -0.05) is 54.6 Å². The molecule has 0 amide bonds. The van der Waals surface area contributed by atoms with Gasteiger partial charge in [-0.25, -0.2) is 0 Å². The van der Waals surface area contributed by atoms with Crippen LogP contribution >= 0.6 is 11.3 Å². The van der Waals surface area contributed by atoms with Gasteiger partial charge in [-0.3, -0.25) is 4.57 Å². The summed E-state index contributed by atoms with van der Waals surface area (Å²) < 4.78 is 10.9. The van der Waals surface area contributed by atoms with Crippen LogP contribution in [0.15, 0.2) is 89.3 Å². The van der Waals surface area contributed by atoms with Crippen LogP contribution in [-0.4, -0.2) is 9.55 Å². The topological polar surface area (TPSA) is 31.0 Å². The maximum atomic E-state index is 6.15. The van der Waals surface area contributed by atoms with Gasteiger partial charge in [0.1, 0.15) is 5.52 Å². The van der Waals surface area contributed by atoms with Crippen molar-refractivity contribution in [3.8, 4) is 6.01 Å². The molecule has 29 heavy (non-hydrogen) atoms. The van der Waals surface area contributed by atoms with Crippen molar-refractivity contribution in [2.24, 2.45) is 0 Å². The Morgan fingerprint density at radius 2 is 1.48 bits per heavy atom. The van der Waals surface area contributed by atoms with Crippen molar-refractivity contribution in [3.05, 3.63) is 84.9 Å². The van der Waals surface area contributed by atoms with Gasteiger partial charge in [0, 0.05) is 30.9 Å². The Morgan fingerprint density at radius 3 is 2.41 bits per heavy atom. The summed E-state index contributed by atoms with van der Waals surface area (Å²) in [6.07, 6.45) is 0. The second-order valence-corrected chi connectivity index (χ2v) is 8.30. The summed E-state index contributed by atoms with van der Waals surface area (Å²) in [6, 6.07) is 30.1. The molecular weight excluding hydrogens is 376 g/mol. The van der Waals surface area contributed by atoms with Crippen LogP contribution in [-0.2, 0) is 0 Å². The van der Waals surface area contributed by atoms with Crippen LogP contribution in [0.2, 0.25) is 0 Å². The molecule has 4 heteroatoms. The Bertz CT molecular complexity index is 1680. The molecule has 0 N–H and O–H groups in total. The number of hydrogen-bond acceptors (Lipinski definition) is 3. The van der Waals surface area contributed by atoms with Crippen molar-refractivity contribution in [1.82, 2.24) is 9.55 Å². The largest absolute Gasteiger partial charge is 0.423 e. The summed E-state index contributed by atoms with van der Waals surface area (Å²) in [5, 5.41) is 5.11. The van der Waals surface area contributed by atoms with Crippen LogP contribution in [0.5, 0.6) is 0 Å². The van der Waals surface area contributed by atoms with Gasteiger partial charge in [-0.15, -0.1) is 11.3 Å². The first-order valence-corrected chi connectivity index (χ1v) is 10.4. The molecule has 0 saturated heterocycles. The van der Waals surface area contributed by atoms with Crippen LogP contribution in [0.4, 0.5) is 0 Å². The minimum atomic E-state index is 0.609. The van der Waals surface area contributed by atoms with E-state index in [4.69, 9.17) is 9.40 Å². The summed E-state index contributed by atoms with van der Waals surface area (Å²) in [6.45, 7) is 0. The highest BCUT2D eigenvalue weighted by Crippen LogP contribution is 2.43. The van der Waals surface area contributed by atoms with Crippen molar-refractivity contribution in [2.45, 2.75) is 0 Å². The van der Waals surface area contributed by atoms with E-state index in [-0.39, 0.29) is 0 Å². The van der Waals surface area contributed by atoms with Crippen LogP contribution in [0.1, 0.15) is 0 Å². The van der Waals surface area contributed by atoms with Crippen molar-refractivity contribution < 1.29 is 4.42 Å². The smallest absolute Gasteiger partial charge is 0.307 e. The lowest BCUT2D eigenvalue weighted by Gasteiger charge is -2.01. The SMILES string of the molecule is c1ccc2oc(-n3c4ccccc4c4c5sc6ccccc6c5ccc43)nc2c1. The standard InChI is InChI=1S/C25H14N2OS/c1-4-10-19-17(8-1)23-20(27(19)25-26-18-9-3-5-11-21(18)28-25)14-13-16-15-7-2-6-12-22(15)29-24(16)23/h1-14H. The van der Waals surface area contributed by atoms with E-state index < -0.39 is 0 Å². The quantitative estimate of drug-likeness (QED) is 0.295. The summed E-state index contributed by atoms with van der Waals surface area (Å²) in [4.78, 5) is 4.78. The van der Waals surface area contributed by atoms with Crippen molar-refractivity contribution in [1.29, 1.82) is 0 Å². The van der Waals surface area contributed by atoms with Crippen LogP contribution in [0, 0.1) is 0 Å². The third-order valence-electron chi connectivity index (χ3n) is 5.65. The fourth-order valence-electron chi connectivity index (χ4n) is 4.40. The third-order valence-corrected chi connectivity index (χ3v) is 6.86. The number of para-hydroxylation sites is 3. The Balaban J connectivity index is 1.70. The number of nitrogens with zero attached hydrogens (tertiary/aromatic N) is 2. The number of benzene rings is 4. The molecule has 3 aromatic heterocycles. The highest BCUT2D eigenvalue weighted by molar-refractivity contribution is 7.26. The lowest BCUT2D eigenvalue weighted by molar-refractivity contribution is 0.574. The molecule has 7 aromatic rings. The fourth-order valence-corrected chi connectivity index (χ4v) is 5.66. The lowest BCUT2D eigenvalue weighted by Crippen LogP contribution is -1.93. The first-order chi connectivity index (χ1) is 14.4. The highest BCUT2D eigenvalue weighted by Gasteiger charge is 2.19. The van der Waals surface area contributed by atoms with Gasteiger partial charge in [0.2, 0.25) is 0 Å². The molecule has 7 rings (SSSR count). The molecule has 3 heterocycles. The maximum absolute atomic E-state index is 6.15. The van der Waals surface area contributed by atoms with Crippen LogP contribution in [0.25, 0.3) is 59.1 Å². The molecule has 0 aliphatic heterocycles. The van der Waals surface area contributed by atoms with E-state index in [1.54, 1.807) is 0 Å². The number of rotatable bonds is 1. The molecule has 3 nitrogen and oxygen atoms in total. The van der Waals surface area contributed by atoms with Crippen molar-refractivity contribution in [3.63, 3.8) is 0 Å². The van der Waals surface area contributed by atoms with E-state index in [1.165, 1.54) is 30.9 Å².